The quantitative estimate of drug-likeness (QED) is 0.548. The molecule has 3 aromatic rings. The van der Waals surface area contributed by atoms with Crippen LogP contribution >= 0.6 is 0 Å². The molecule has 0 amide bonds. The number of methoxy groups -OCH3 is 1. The Hall–Kier alpha value is -3.07. The molecule has 1 saturated heterocycles. The molecule has 170 valence electrons. The third-order valence-electron chi connectivity index (χ3n) is 5.76. The van der Waals surface area contributed by atoms with E-state index in [1.54, 1.807) is 13.2 Å². The number of nitrogens with zero attached hydrogens (tertiary/aromatic N) is 4. The third-order valence-corrected chi connectivity index (χ3v) is 5.76. The number of rotatable bonds is 5. The number of hydrogen-bond acceptors (Lipinski definition) is 6. The molecule has 0 radical (unpaired) electrons. The van der Waals surface area contributed by atoms with Gasteiger partial charge in [0.05, 0.1) is 18.7 Å². The molecule has 1 aromatic heterocycles. The molecule has 2 heterocycles. The highest BCUT2D eigenvalue weighted by molar-refractivity contribution is 5.55. The summed E-state index contributed by atoms with van der Waals surface area (Å²) in [6.07, 6.45) is -3.46. The molecule has 1 aliphatic heterocycles. The molecular formula is C23H25F3N4O2. The van der Waals surface area contributed by atoms with Crippen LogP contribution in [-0.4, -0.2) is 48.3 Å². The number of benzene rings is 2. The van der Waals surface area contributed by atoms with Crippen LogP contribution in [0.15, 0.2) is 53.1 Å². The van der Waals surface area contributed by atoms with Crippen molar-refractivity contribution >= 4 is 5.69 Å². The van der Waals surface area contributed by atoms with E-state index in [0.717, 1.165) is 56.2 Å². The molecule has 2 aromatic carbocycles. The van der Waals surface area contributed by atoms with Crippen molar-refractivity contribution in [1.29, 1.82) is 0 Å². The first-order chi connectivity index (χ1) is 15.3. The monoisotopic (exact) mass is 446 g/mol. The van der Waals surface area contributed by atoms with Gasteiger partial charge in [-0.1, -0.05) is 17.3 Å². The second kappa shape index (κ2) is 9.20. The first kappa shape index (κ1) is 22.1. The Bertz CT molecular complexity index is 1040. The first-order valence-corrected chi connectivity index (χ1v) is 10.5. The van der Waals surface area contributed by atoms with Crippen molar-refractivity contribution in [3.63, 3.8) is 0 Å². The molecule has 32 heavy (non-hydrogen) atoms. The summed E-state index contributed by atoms with van der Waals surface area (Å²) in [7, 11) is 1.65. The lowest BCUT2D eigenvalue weighted by atomic mass is 10.1. The van der Waals surface area contributed by atoms with Crippen molar-refractivity contribution in [1.82, 2.24) is 15.0 Å². The minimum absolute atomic E-state index is 0.141. The van der Waals surface area contributed by atoms with Crippen molar-refractivity contribution in [2.75, 3.05) is 38.2 Å². The van der Waals surface area contributed by atoms with Gasteiger partial charge >= 0.3 is 6.18 Å². The van der Waals surface area contributed by atoms with E-state index in [2.05, 4.69) is 32.1 Å². The van der Waals surface area contributed by atoms with E-state index in [4.69, 9.17) is 9.26 Å². The number of ether oxygens (including phenoxy) is 1. The van der Waals surface area contributed by atoms with E-state index < -0.39 is 11.7 Å². The third kappa shape index (κ3) is 4.88. The lowest BCUT2D eigenvalue weighted by Gasteiger charge is -2.26. The summed E-state index contributed by atoms with van der Waals surface area (Å²) in [5.74, 6) is 1.38. The SMILES string of the molecule is COc1ccc(N2CCCN(C(C)c3nc(-c4cccc(C(F)(F)F)c4)no3)CC2)cc1. The Kier molecular flexibility index (Phi) is 6.36. The zero-order valence-corrected chi connectivity index (χ0v) is 18.0. The van der Waals surface area contributed by atoms with Gasteiger partial charge in [0, 0.05) is 37.4 Å². The molecule has 1 unspecified atom stereocenters. The second-order valence-electron chi connectivity index (χ2n) is 7.79. The summed E-state index contributed by atoms with van der Waals surface area (Å²) in [5.41, 5.74) is 0.689. The molecule has 0 saturated carbocycles. The fourth-order valence-electron chi connectivity index (χ4n) is 3.89. The van der Waals surface area contributed by atoms with Crippen molar-refractivity contribution in [2.24, 2.45) is 0 Å². The standard InChI is InChI=1S/C23H25F3N4O2/c1-16(22-27-21(28-32-22)17-5-3-6-18(15-17)23(24,25)26)29-11-4-12-30(14-13-29)19-7-9-20(31-2)10-8-19/h3,5-10,15-16H,4,11-14H2,1-2H3. The number of hydrogen-bond donors (Lipinski definition) is 0. The molecule has 6 nitrogen and oxygen atoms in total. The van der Waals surface area contributed by atoms with Crippen molar-refractivity contribution < 1.29 is 22.4 Å². The van der Waals surface area contributed by atoms with Gasteiger partial charge < -0.3 is 14.2 Å². The molecule has 9 heteroatoms. The largest absolute Gasteiger partial charge is 0.497 e. The van der Waals surface area contributed by atoms with Crippen molar-refractivity contribution in [2.45, 2.75) is 25.6 Å². The molecule has 1 atom stereocenters. The van der Waals surface area contributed by atoms with Crippen molar-refractivity contribution in [3.8, 4) is 17.1 Å². The summed E-state index contributed by atoms with van der Waals surface area (Å²) < 4.78 is 49.7. The lowest BCUT2D eigenvalue weighted by Crippen LogP contribution is -2.32. The highest BCUT2D eigenvalue weighted by Crippen LogP contribution is 2.32. The minimum Gasteiger partial charge on any atom is -0.497 e. The van der Waals surface area contributed by atoms with Crippen LogP contribution in [-0.2, 0) is 6.18 Å². The Morgan fingerprint density at radius 1 is 1.03 bits per heavy atom. The highest BCUT2D eigenvalue weighted by Gasteiger charge is 2.31. The van der Waals surface area contributed by atoms with Crippen LogP contribution in [0.5, 0.6) is 5.75 Å². The maximum Gasteiger partial charge on any atom is 0.416 e. The van der Waals surface area contributed by atoms with Gasteiger partial charge in [-0.2, -0.15) is 18.2 Å². The van der Waals surface area contributed by atoms with E-state index in [9.17, 15) is 13.2 Å². The van der Waals surface area contributed by atoms with Gasteiger partial charge in [0.15, 0.2) is 0 Å². The van der Waals surface area contributed by atoms with E-state index in [0.29, 0.717) is 5.89 Å². The second-order valence-corrected chi connectivity index (χ2v) is 7.79. The van der Waals surface area contributed by atoms with Crippen LogP contribution in [0, 0.1) is 0 Å². The summed E-state index contributed by atoms with van der Waals surface area (Å²) in [4.78, 5) is 8.98. The van der Waals surface area contributed by atoms with Crippen LogP contribution < -0.4 is 9.64 Å². The zero-order valence-electron chi connectivity index (χ0n) is 18.0. The predicted octanol–water partition coefficient (Wildman–Crippen LogP) is 5.04. The topological polar surface area (TPSA) is 54.6 Å². The van der Waals surface area contributed by atoms with Crippen LogP contribution in [0.2, 0.25) is 0 Å². The molecule has 0 aliphatic carbocycles. The van der Waals surface area contributed by atoms with Gasteiger partial charge in [-0.05, 0) is 49.7 Å². The summed E-state index contributed by atoms with van der Waals surface area (Å²) in [6.45, 7) is 5.40. The fourth-order valence-corrected chi connectivity index (χ4v) is 3.89. The summed E-state index contributed by atoms with van der Waals surface area (Å²) in [6, 6.07) is 12.8. The van der Waals surface area contributed by atoms with E-state index in [1.807, 2.05) is 19.1 Å². The Morgan fingerprint density at radius 3 is 2.53 bits per heavy atom. The van der Waals surface area contributed by atoms with Crippen LogP contribution in [0.3, 0.4) is 0 Å². The molecule has 4 rings (SSSR count). The molecular weight excluding hydrogens is 421 g/mol. The average molecular weight is 446 g/mol. The minimum atomic E-state index is -4.42. The summed E-state index contributed by atoms with van der Waals surface area (Å²) >= 11 is 0. The number of alkyl halides is 3. The Morgan fingerprint density at radius 2 is 1.81 bits per heavy atom. The number of aromatic nitrogens is 2. The van der Waals surface area contributed by atoms with Gasteiger partial charge in [-0.3, -0.25) is 4.90 Å². The maximum absolute atomic E-state index is 13.0. The van der Waals surface area contributed by atoms with E-state index in [-0.39, 0.29) is 17.4 Å². The Labute approximate surface area is 184 Å². The van der Waals surface area contributed by atoms with Crippen LogP contribution in [0.4, 0.5) is 18.9 Å². The van der Waals surface area contributed by atoms with E-state index in [1.165, 1.54) is 6.07 Å². The Balaban J connectivity index is 1.44. The first-order valence-electron chi connectivity index (χ1n) is 10.5. The molecule has 0 N–H and O–H groups in total. The molecule has 0 bridgehead atoms. The van der Waals surface area contributed by atoms with E-state index >= 15 is 0 Å². The average Bonchev–Trinajstić information content (AvgIpc) is 3.16. The van der Waals surface area contributed by atoms with Gasteiger partial charge in [-0.15, -0.1) is 0 Å². The predicted molar refractivity (Wildman–Crippen MR) is 115 cm³/mol. The van der Waals surface area contributed by atoms with Gasteiger partial charge in [0.2, 0.25) is 11.7 Å². The normalized spacial score (nSPS) is 16.6. The lowest BCUT2D eigenvalue weighted by molar-refractivity contribution is -0.137. The van der Waals surface area contributed by atoms with Gasteiger partial charge in [0.1, 0.15) is 5.75 Å². The van der Waals surface area contributed by atoms with Gasteiger partial charge in [-0.25, -0.2) is 0 Å². The fraction of sp³-hybridized carbons (Fsp3) is 0.391. The molecule has 1 aliphatic rings. The molecule has 0 spiro atoms. The molecule has 1 fully saturated rings. The smallest absolute Gasteiger partial charge is 0.416 e. The highest BCUT2D eigenvalue weighted by atomic mass is 19.4. The summed E-state index contributed by atoms with van der Waals surface area (Å²) in [5, 5.41) is 3.93. The number of halogens is 3. The van der Waals surface area contributed by atoms with Crippen LogP contribution in [0.25, 0.3) is 11.4 Å². The number of anilines is 1. The maximum atomic E-state index is 13.0. The zero-order chi connectivity index (χ0) is 22.7. The van der Waals surface area contributed by atoms with Crippen molar-refractivity contribution in [3.05, 3.63) is 60.0 Å². The van der Waals surface area contributed by atoms with Gasteiger partial charge in [0.25, 0.3) is 0 Å². The van der Waals surface area contributed by atoms with Crippen LogP contribution in [0.1, 0.15) is 30.8 Å².